The van der Waals surface area contributed by atoms with Gasteiger partial charge in [-0.25, -0.2) is 15.0 Å². The number of amides is 1. The van der Waals surface area contributed by atoms with Gasteiger partial charge in [-0.3, -0.25) is 4.79 Å². The molecule has 1 fully saturated rings. The van der Waals surface area contributed by atoms with E-state index >= 15 is 0 Å². The van der Waals surface area contributed by atoms with Crippen molar-refractivity contribution in [3.8, 4) is 0 Å². The fourth-order valence-corrected chi connectivity index (χ4v) is 3.31. The summed E-state index contributed by atoms with van der Waals surface area (Å²) in [5.41, 5.74) is 3.47. The standard InChI is InChI=1S/C22H24N6O/c1-16-6-7-18(13-17(16)2)21(29)26-19-14-24-22(25-15-19)28-11-9-27(10-12-28)20-5-3-4-8-23-20/h3-8,13-15H,9-12H2,1-2H3,(H,26,29). The zero-order valence-corrected chi connectivity index (χ0v) is 16.7. The summed E-state index contributed by atoms with van der Waals surface area (Å²) in [6.45, 7) is 7.41. The van der Waals surface area contributed by atoms with Gasteiger partial charge in [0.15, 0.2) is 0 Å². The van der Waals surface area contributed by atoms with Crippen molar-refractivity contribution in [2.24, 2.45) is 0 Å². The van der Waals surface area contributed by atoms with Crippen molar-refractivity contribution in [1.29, 1.82) is 0 Å². The highest BCUT2D eigenvalue weighted by molar-refractivity contribution is 6.04. The average Bonchev–Trinajstić information content (AvgIpc) is 2.77. The molecule has 4 rings (SSSR count). The van der Waals surface area contributed by atoms with E-state index in [2.05, 4.69) is 30.1 Å². The molecule has 0 bridgehead atoms. The molecule has 0 spiro atoms. The Hall–Kier alpha value is -3.48. The van der Waals surface area contributed by atoms with Crippen LogP contribution in [0.15, 0.2) is 55.0 Å². The number of pyridine rings is 1. The highest BCUT2D eigenvalue weighted by atomic mass is 16.1. The van der Waals surface area contributed by atoms with Gasteiger partial charge in [-0.2, -0.15) is 0 Å². The smallest absolute Gasteiger partial charge is 0.255 e. The van der Waals surface area contributed by atoms with Crippen LogP contribution in [0.2, 0.25) is 0 Å². The van der Waals surface area contributed by atoms with Gasteiger partial charge in [0.25, 0.3) is 5.91 Å². The Labute approximate surface area is 170 Å². The molecule has 0 aliphatic carbocycles. The Balaban J connectivity index is 1.36. The number of aryl methyl sites for hydroxylation is 2. The minimum Gasteiger partial charge on any atom is -0.353 e. The predicted octanol–water partition coefficient (Wildman–Crippen LogP) is 3.07. The molecule has 1 amide bonds. The van der Waals surface area contributed by atoms with Crippen molar-refractivity contribution in [1.82, 2.24) is 15.0 Å². The summed E-state index contributed by atoms with van der Waals surface area (Å²) in [5, 5.41) is 2.86. The van der Waals surface area contributed by atoms with Gasteiger partial charge < -0.3 is 15.1 Å². The Bertz CT molecular complexity index is 982. The van der Waals surface area contributed by atoms with E-state index in [0.717, 1.165) is 43.1 Å². The fraction of sp³-hybridized carbons (Fsp3) is 0.273. The lowest BCUT2D eigenvalue weighted by Crippen LogP contribution is -2.47. The molecule has 1 aliphatic heterocycles. The molecule has 148 valence electrons. The highest BCUT2D eigenvalue weighted by Gasteiger charge is 2.19. The molecule has 0 unspecified atom stereocenters. The van der Waals surface area contributed by atoms with E-state index < -0.39 is 0 Å². The molecular weight excluding hydrogens is 364 g/mol. The summed E-state index contributed by atoms with van der Waals surface area (Å²) in [6.07, 6.45) is 5.13. The monoisotopic (exact) mass is 388 g/mol. The number of carbonyl (C=O) groups is 1. The second-order valence-electron chi connectivity index (χ2n) is 7.19. The van der Waals surface area contributed by atoms with Gasteiger partial charge in [0.2, 0.25) is 5.95 Å². The normalized spacial score (nSPS) is 14.0. The summed E-state index contributed by atoms with van der Waals surface area (Å²) in [5.74, 6) is 1.51. The van der Waals surface area contributed by atoms with Crippen molar-refractivity contribution in [3.05, 3.63) is 71.7 Å². The summed E-state index contributed by atoms with van der Waals surface area (Å²) >= 11 is 0. The summed E-state index contributed by atoms with van der Waals surface area (Å²) in [7, 11) is 0. The lowest BCUT2D eigenvalue weighted by Gasteiger charge is -2.35. The number of rotatable bonds is 4. The summed E-state index contributed by atoms with van der Waals surface area (Å²) in [6, 6.07) is 11.6. The van der Waals surface area contributed by atoms with Crippen molar-refractivity contribution in [2.45, 2.75) is 13.8 Å². The first-order valence-corrected chi connectivity index (χ1v) is 9.72. The van der Waals surface area contributed by atoms with Gasteiger partial charge in [0.1, 0.15) is 5.82 Å². The maximum Gasteiger partial charge on any atom is 0.255 e. The largest absolute Gasteiger partial charge is 0.353 e. The lowest BCUT2D eigenvalue weighted by molar-refractivity contribution is 0.102. The predicted molar refractivity (Wildman–Crippen MR) is 115 cm³/mol. The van der Waals surface area contributed by atoms with E-state index in [1.165, 1.54) is 0 Å². The minimum atomic E-state index is -0.159. The van der Waals surface area contributed by atoms with Gasteiger partial charge in [0.05, 0.1) is 18.1 Å². The Morgan fingerprint density at radius 2 is 1.62 bits per heavy atom. The molecule has 0 radical (unpaired) electrons. The highest BCUT2D eigenvalue weighted by Crippen LogP contribution is 2.17. The van der Waals surface area contributed by atoms with Crippen molar-refractivity contribution >= 4 is 23.4 Å². The zero-order valence-electron chi connectivity index (χ0n) is 16.7. The first kappa shape index (κ1) is 18.9. The molecule has 0 saturated carbocycles. The molecule has 3 aromatic rings. The van der Waals surface area contributed by atoms with Crippen LogP contribution in [0.4, 0.5) is 17.5 Å². The van der Waals surface area contributed by atoms with Gasteiger partial charge in [-0.05, 0) is 49.2 Å². The molecule has 7 nitrogen and oxygen atoms in total. The number of hydrogen-bond acceptors (Lipinski definition) is 6. The maximum absolute atomic E-state index is 12.4. The van der Waals surface area contributed by atoms with E-state index in [0.29, 0.717) is 17.2 Å². The third-order valence-electron chi connectivity index (χ3n) is 5.20. The molecule has 3 heterocycles. The van der Waals surface area contributed by atoms with Crippen LogP contribution in [0.25, 0.3) is 0 Å². The number of nitrogens with zero attached hydrogens (tertiary/aromatic N) is 5. The third kappa shape index (κ3) is 4.34. The van der Waals surface area contributed by atoms with Crippen LogP contribution in [-0.4, -0.2) is 47.0 Å². The number of carbonyl (C=O) groups excluding carboxylic acids is 1. The van der Waals surface area contributed by atoms with Crippen LogP contribution < -0.4 is 15.1 Å². The fourth-order valence-electron chi connectivity index (χ4n) is 3.31. The Morgan fingerprint density at radius 1 is 0.897 bits per heavy atom. The second-order valence-corrected chi connectivity index (χ2v) is 7.19. The van der Waals surface area contributed by atoms with Crippen LogP contribution in [0, 0.1) is 13.8 Å². The topological polar surface area (TPSA) is 74.2 Å². The molecule has 7 heteroatoms. The second kappa shape index (κ2) is 8.26. The number of benzene rings is 1. The molecule has 1 saturated heterocycles. The van der Waals surface area contributed by atoms with Crippen LogP contribution in [0.1, 0.15) is 21.5 Å². The van der Waals surface area contributed by atoms with E-state index in [9.17, 15) is 4.79 Å². The molecule has 0 atom stereocenters. The first-order valence-electron chi connectivity index (χ1n) is 9.72. The van der Waals surface area contributed by atoms with Gasteiger partial charge in [0, 0.05) is 37.9 Å². The molecule has 1 aromatic carbocycles. The number of anilines is 3. The SMILES string of the molecule is Cc1ccc(C(=O)Nc2cnc(N3CCN(c4ccccn4)CC3)nc2)cc1C. The lowest BCUT2D eigenvalue weighted by atomic mass is 10.1. The van der Waals surface area contributed by atoms with Crippen LogP contribution in [0.3, 0.4) is 0 Å². The van der Waals surface area contributed by atoms with Crippen LogP contribution in [0.5, 0.6) is 0 Å². The van der Waals surface area contributed by atoms with E-state index in [1.807, 2.05) is 56.4 Å². The third-order valence-corrected chi connectivity index (χ3v) is 5.20. The molecule has 29 heavy (non-hydrogen) atoms. The number of hydrogen-bond donors (Lipinski definition) is 1. The minimum absolute atomic E-state index is 0.159. The summed E-state index contributed by atoms with van der Waals surface area (Å²) < 4.78 is 0. The Morgan fingerprint density at radius 3 is 2.28 bits per heavy atom. The van der Waals surface area contributed by atoms with Gasteiger partial charge in [-0.15, -0.1) is 0 Å². The van der Waals surface area contributed by atoms with E-state index in [-0.39, 0.29) is 5.91 Å². The van der Waals surface area contributed by atoms with Crippen molar-refractivity contribution in [3.63, 3.8) is 0 Å². The quantitative estimate of drug-likeness (QED) is 0.740. The molecule has 1 N–H and O–H groups in total. The summed E-state index contributed by atoms with van der Waals surface area (Å²) in [4.78, 5) is 30.2. The molecular formula is C22H24N6O. The zero-order chi connectivity index (χ0) is 20.2. The number of nitrogens with one attached hydrogen (secondary N) is 1. The van der Waals surface area contributed by atoms with E-state index in [1.54, 1.807) is 12.4 Å². The van der Waals surface area contributed by atoms with Crippen LogP contribution >= 0.6 is 0 Å². The van der Waals surface area contributed by atoms with E-state index in [4.69, 9.17) is 0 Å². The van der Waals surface area contributed by atoms with Gasteiger partial charge >= 0.3 is 0 Å². The van der Waals surface area contributed by atoms with Crippen molar-refractivity contribution < 1.29 is 4.79 Å². The Kier molecular flexibility index (Phi) is 5.37. The molecule has 1 aliphatic rings. The number of aromatic nitrogens is 3. The average molecular weight is 388 g/mol. The van der Waals surface area contributed by atoms with Gasteiger partial charge in [-0.1, -0.05) is 12.1 Å². The maximum atomic E-state index is 12.4. The van der Waals surface area contributed by atoms with Crippen molar-refractivity contribution in [2.75, 3.05) is 41.3 Å². The molecule has 2 aromatic heterocycles. The first-order chi connectivity index (χ1) is 14.1. The van der Waals surface area contributed by atoms with Crippen LogP contribution in [-0.2, 0) is 0 Å². The number of piperazine rings is 1.